The van der Waals surface area contributed by atoms with E-state index < -0.39 is 69.1 Å². The smallest absolute Gasteiger partial charge is 0.394 e. The highest BCUT2D eigenvalue weighted by Crippen LogP contribution is 2.51. The number of anilines is 2. The summed E-state index contributed by atoms with van der Waals surface area (Å²) in [6, 6.07) is 0. The van der Waals surface area contributed by atoms with Crippen molar-refractivity contribution in [1.29, 1.82) is 0 Å². The van der Waals surface area contributed by atoms with Crippen LogP contribution in [0.3, 0.4) is 0 Å². The van der Waals surface area contributed by atoms with Crippen molar-refractivity contribution in [2.24, 2.45) is 0 Å². The Morgan fingerprint density at radius 2 is 1.81 bits per heavy atom. The summed E-state index contributed by atoms with van der Waals surface area (Å²) in [6.07, 6.45) is -6.24. The third kappa shape index (κ3) is 4.91. The van der Waals surface area contributed by atoms with Gasteiger partial charge >= 0.3 is 7.82 Å². The van der Waals surface area contributed by atoms with Crippen molar-refractivity contribution < 1.29 is 43.3 Å². The maximum Gasteiger partial charge on any atom is 0.472 e. The monoisotopic (exact) mass is 610 g/mol. The molecule has 2 aliphatic heterocycles. The highest BCUT2D eigenvalue weighted by atomic mass is 31.2. The molecular weight excluding hydrogens is 583 g/mol. The molecule has 3 unspecified atom stereocenters. The molecule has 0 bridgehead atoms. The summed E-state index contributed by atoms with van der Waals surface area (Å²) >= 11 is 0. The number of hydrogen-bond donors (Lipinski definition) is 7. The third-order valence-electron chi connectivity index (χ3n) is 7.04. The molecule has 6 rings (SSSR count). The van der Waals surface area contributed by atoms with Crippen molar-refractivity contribution in [3.05, 3.63) is 29.3 Å². The minimum Gasteiger partial charge on any atom is -0.394 e. The Labute approximate surface area is 234 Å². The van der Waals surface area contributed by atoms with Crippen molar-refractivity contribution >= 4 is 41.9 Å². The number of aromatic nitrogens is 8. The van der Waals surface area contributed by atoms with Gasteiger partial charge in [0.1, 0.15) is 36.3 Å². The van der Waals surface area contributed by atoms with Gasteiger partial charge in [-0.15, -0.1) is 0 Å². The van der Waals surface area contributed by atoms with Crippen molar-refractivity contribution in [2.75, 3.05) is 18.1 Å². The first-order valence-electron chi connectivity index (χ1n) is 12.6. The Kier molecular flexibility index (Phi) is 7.20. The van der Waals surface area contributed by atoms with Crippen molar-refractivity contribution in [3.63, 3.8) is 0 Å². The van der Waals surface area contributed by atoms with Gasteiger partial charge in [-0.3, -0.25) is 28.0 Å². The van der Waals surface area contributed by atoms with Gasteiger partial charge in [0, 0.05) is 6.42 Å². The van der Waals surface area contributed by atoms with Gasteiger partial charge in [0.15, 0.2) is 35.1 Å². The summed E-state index contributed by atoms with van der Waals surface area (Å²) in [7, 11) is -4.92. The summed E-state index contributed by atoms with van der Waals surface area (Å²) in [5.41, 5.74) is 11.3. The highest BCUT2D eigenvalue weighted by molar-refractivity contribution is 7.47. The summed E-state index contributed by atoms with van der Waals surface area (Å²) in [5, 5.41) is 31.1. The lowest BCUT2D eigenvalue weighted by Crippen LogP contribution is -2.38. The molecule has 21 heteroatoms. The average molecular weight is 610 g/mol. The van der Waals surface area contributed by atoms with Crippen molar-refractivity contribution in [1.82, 2.24) is 39.0 Å². The van der Waals surface area contributed by atoms with E-state index in [0.29, 0.717) is 0 Å². The number of phosphoric ester groups is 1. The standard InChI is InChI=1S/C21H27N10O10P/c1-7(14-12(33)13(34)20(39-14)30-5-26-10-15(22)24-4-25-16(10)30)40-42(36,37)41-9-2-8(3-32)38-19(9)31-6-27-11-17(31)28-21(23)29-18(11)35/h4-9,12-14,19-20,32-34H,2-3H2,1H3,(H,36,37)(H2,22,24,25)(H3,23,28,29,35)/t7-,8?,9+,12-,13+,14-,19+,20?/m0/s1. The molecule has 226 valence electrons. The number of imidazole rings is 2. The van der Waals surface area contributed by atoms with Crippen LogP contribution in [0.4, 0.5) is 11.8 Å². The fourth-order valence-electron chi connectivity index (χ4n) is 5.13. The van der Waals surface area contributed by atoms with Crippen LogP contribution < -0.4 is 17.0 Å². The number of hydrogen-bond acceptors (Lipinski definition) is 16. The van der Waals surface area contributed by atoms with E-state index >= 15 is 0 Å². The van der Waals surface area contributed by atoms with E-state index in [-0.39, 0.29) is 40.5 Å². The van der Waals surface area contributed by atoms with Crippen molar-refractivity contribution in [2.45, 2.75) is 62.4 Å². The number of nitrogens with two attached hydrogens (primary N) is 2. The maximum absolute atomic E-state index is 13.2. The van der Waals surface area contributed by atoms with Gasteiger partial charge in [0.2, 0.25) is 5.95 Å². The minimum atomic E-state index is -4.92. The predicted molar refractivity (Wildman–Crippen MR) is 139 cm³/mol. The number of phosphoric acid groups is 1. The van der Waals surface area contributed by atoms with Gasteiger partial charge < -0.3 is 41.2 Å². The lowest BCUT2D eigenvalue weighted by Gasteiger charge is -2.27. The molecule has 20 nitrogen and oxygen atoms in total. The van der Waals surface area contributed by atoms with Crippen LogP contribution in [0.2, 0.25) is 0 Å². The molecule has 2 aliphatic rings. The van der Waals surface area contributed by atoms with Gasteiger partial charge in [-0.05, 0) is 6.92 Å². The molecule has 4 aromatic heterocycles. The molecule has 6 heterocycles. The molecular formula is C21H27N10O10P. The van der Waals surface area contributed by atoms with Gasteiger partial charge in [0.25, 0.3) is 5.56 Å². The predicted octanol–water partition coefficient (Wildman–Crippen LogP) is -2.09. The first-order chi connectivity index (χ1) is 20.0. The molecule has 4 aromatic rings. The Balaban J connectivity index is 1.19. The van der Waals surface area contributed by atoms with E-state index in [1.807, 2.05) is 0 Å². The second-order valence-electron chi connectivity index (χ2n) is 9.82. The lowest BCUT2D eigenvalue weighted by atomic mass is 10.1. The molecule has 0 aromatic carbocycles. The molecule has 0 radical (unpaired) electrons. The van der Waals surface area contributed by atoms with Crippen LogP contribution in [-0.2, 0) is 23.1 Å². The number of fused-ring (bicyclic) bond motifs is 2. The van der Waals surface area contributed by atoms with Crippen LogP contribution in [0, 0.1) is 0 Å². The van der Waals surface area contributed by atoms with E-state index in [9.17, 15) is 29.6 Å². The summed E-state index contributed by atoms with van der Waals surface area (Å²) in [6.45, 7) is 0.913. The molecule has 0 saturated carbocycles. The van der Waals surface area contributed by atoms with Gasteiger partial charge in [-0.2, -0.15) is 4.98 Å². The SMILES string of the molecule is C[C@H](OP(=O)(O)O[C@@H]1CC(CO)O[C@H]1n1cnc2c(=O)[nH]c(N)nc21)[C@@H]1OC(n2cnc3c(N)ncnc32)[C@H](O)[C@@H]1O. The molecule has 9 atom stereocenters. The largest absolute Gasteiger partial charge is 0.472 e. The molecule has 0 amide bonds. The van der Waals surface area contributed by atoms with Crippen LogP contribution in [0.15, 0.2) is 23.8 Å². The van der Waals surface area contributed by atoms with Crippen LogP contribution in [0.5, 0.6) is 0 Å². The number of aliphatic hydroxyl groups is 3. The number of nitrogen functional groups attached to an aromatic ring is 2. The normalized spacial score (nSPS) is 30.3. The zero-order chi connectivity index (χ0) is 29.9. The Hall–Kier alpha value is -3.59. The van der Waals surface area contributed by atoms with E-state index in [4.69, 9.17) is 30.0 Å². The third-order valence-corrected chi connectivity index (χ3v) is 8.18. The molecule has 0 aliphatic carbocycles. The lowest BCUT2D eigenvalue weighted by molar-refractivity contribution is -0.0835. The first kappa shape index (κ1) is 28.5. The number of H-pyrrole nitrogens is 1. The number of aromatic amines is 1. The zero-order valence-corrected chi connectivity index (χ0v) is 22.6. The Morgan fingerprint density at radius 3 is 2.55 bits per heavy atom. The second kappa shape index (κ2) is 10.6. The van der Waals surface area contributed by atoms with Crippen LogP contribution in [-0.4, -0.2) is 102 Å². The summed E-state index contributed by atoms with van der Waals surface area (Å²) in [5.74, 6) is -0.0885. The number of nitrogens with zero attached hydrogens (tertiary/aromatic N) is 7. The van der Waals surface area contributed by atoms with E-state index in [0.717, 1.165) is 0 Å². The number of ether oxygens (including phenoxy) is 2. The molecule has 42 heavy (non-hydrogen) atoms. The molecule has 0 spiro atoms. The van der Waals surface area contributed by atoms with E-state index in [1.54, 1.807) is 0 Å². The number of rotatable bonds is 8. The molecule has 2 fully saturated rings. The van der Waals surface area contributed by atoms with Gasteiger partial charge in [-0.25, -0.2) is 24.5 Å². The van der Waals surface area contributed by atoms with E-state index in [1.165, 1.54) is 35.0 Å². The molecule has 2 saturated heterocycles. The first-order valence-corrected chi connectivity index (χ1v) is 14.1. The summed E-state index contributed by atoms with van der Waals surface area (Å²) in [4.78, 5) is 45.3. The fraction of sp³-hybridized carbons (Fsp3) is 0.524. The quantitative estimate of drug-likeness (QED) is 0.105. The van der Waals surface area contributed by atoms with Crippen molar-refractivity contribution in [3.8, 4) is 0 Å². The highest BCUT2D eigenvalue weighted by Gasteiger charge is 2.49. The maximum atomic E-state index is 13.2. The Bertz CT molecular complexity index is 1730. The number of aliphatic hydroxyl groups excluding tert-OH is 3. The molecule has 9 N–H and O–H groups in total. The van der Waals surface area contributed by atoms with Crippen LogP contribution in [0.1, 0.15) is 25.8 Å². The second-order valence-corrected chi connectivity index (χ2v) is 11.2. The summed E-state index contributed by atoms with van der Waals surface area (Å²) < 4.78 is 38.2. The van der Waals surface area contributed by atoms with E-state index in [2.05, 4.69) is 29.9 Å². The van der Waals surface area contributed by atoms with Gasteiger partial charge in [-0.1, -0.05) is 0 Å². The fourth-order valence-corrected chi connectivity index (χ4v) is 6.25. The Morgan fingerprint density at radius 1 is 1.10 bits per heavy atom. The van der Waals surface area contributed by atoms with Crippen LogP contribution in [0.25, 0.3) is 22.3 Å². The van der Waals surface area contributed by atoms with Gasteiger partial charge in [0.05, 0.1) is 31.5 Å². The topological polar surface area (TPSA) is 294 Å². The average Bonchev–Trinajstić information content (AvgIpc) is 3.69. The number of nitrogens with one attached hydrogen (secondary N) is 1. The minimum absolute atomic E-state index is 0.0251. The van der Waals surface area contributed by atoms with Crippen LogP contribution >= 0.6 is 7.82 Å². The zero-order valence-electron chi connectivity index (χ0n) is 21.7.